The quantitative estimate of drug-likeness (QED) is 0.364. The first-order valence-corrected chi connectivity index (χ1v) is 12.4. The summed E-state index contributed by atoms with van der Waals surface area (Å²) in [6.45, 7) is 9.27. The SMILES string of the molecule is CCC(=O)O[C@@H]1[C@@H](OC(C)=O)[C@@]2(O)C(C[C@H](O)C2(C)C)[C@](C)(O)[C@H]2CC[C@@H]3[C@@H](O)[C@]12C[C@@]3(C)O. The monoisotopic (exact) mass is 484 g/mol. The summed E-state index contributed by atoms with van der Waals surface area (Å²) >= 11 is 0. The van der Waals surface area contributed by atoms with Crippen molar-refractivity contribution in [2.24, 2.45) is 28.6 Å². The molecule has 4 rings (SSSR count). The second kappa shape index (κ2) is 7.62. The maximum absolute atomic E-state index is 12.7. The molecule has 9 nitrogen and oxygen atoms in total. The number of carbonyl (C=O) groups excluding carboxylic acids is 2. The van der Waals surface area contributed by atoms with E-state index in [1.807, 2.05) is 0 Å². The first-order valence-electron chi connectivity index (χ1n) is 12.4. The molecule has 2 bridgehead atoms. The summed E-state index contributed by atoms with van der Waals surface area (Å²) < 4.78 is 11.7. The number of aliphatic hydroxyl groups is 5. The normalized spacial score (nSPS) is 53.4. The van der Waals surface area contributed by atoms with Gasteiger partial charge >= 0.3 is 11.9 Å². The zero-order valence-corrected chi connectivity index (χ0v) is 20.9. The topological polar surface area (TPSA) is 154 Å². The summed E-state index contributed by atoms with van der Waals surface area (Å²) in [5.41, 5.74) is -7.58. The number of hydrogen-bond donors (Lipinski definition) is 5. The molecule has 0 saturated heterocycles. The maximum Gasteiger partial charge on any atom is 0.305 e. The number of esters is 2. The third-order valence-electron chi connectivity index (χ3n) is 10.2. The van der Waals surface area contributed by atoms with E-state index < -0.39 is 81.7 Å². The zero-order valence-electron chi connectivity index (χ0n) is 20.9. The molecule has 0 heterocycles. The summed E-state index contributed by atoms with van der Waals surface area (Å²) in [7, 11) is 0. The molecule has 0 aromatic heterocycles. The number of ether oxygens (including phenoxy) is 2. The zero-order chi connectivity index (χ0) is 25.6. The van der Waals surface area contributed by atoms with Crippen molar-refractivity contribution in [2.75, 3.05) is 0 Å². The third-order valence-corrected chi connectivity index (χ3v) is 10.2. The first kappa shape index (κ1) is 25.8. The van der Waals surface area contributed by atoms with Gasteiger partial charge in [0.25, 0.3) is 0 Å². The maximum atomic E-state index is 12.7. The molecule has 0 amide bonds. The van der Waals surface area contributed by atoms with Crippen molar-refractivity contribution in [3.8, 4) is 0 Å². The van der Waals surface area contributed by atoms with Gasteiger partial charge in [-0.05, 0) is 45.4 Å². The molecule has 194 valence electrons. The predicted octanol–water partition coefficient (Wildman–Crippen LogP) is 0.671. The van der Waals surface area contributed by atoms with Gasteiger partial charge in [-0.3, -0.25) is 9.59 Å². The van der Waals surface area contributed by atoms with Gasteiger partial charge in [0, 0.05) is 36.0 Å². The standard InChI is InChI=1S/C25H40O9/c1-7-17(28)34-19-20(33-12(2)26)25(32)15(10-16(27)21(25,3)4)23(6,31)14-9-8-13-18(29)24(14,19)11-22(13,5)30/h13-16,18-20,27,29-32H,7-11H2,1-6H3/t13-,14-,15?,16+,18-,19-,20-,22-,23-,24-,25+/m1/s1. The molecule has 1 unspecified atom stereocenters. The van der Waals surface area contributed by atoms with E-state index in [1.165, 1.54) is 6.92 Å². The van der Waals surface area contributed by atoms with E-state index >= 15 is 0 Å². The molecule has 5 N–H and O–H groups in total. The molecule has 0 aliphatic heterocycles. The van der Waals surface area contributed by atoms with E-state index in [-0.39, 0.29) is 19.3 Å². The molecule has 0 aromatic carbocycles. The molecule has 11 atom stereocenters. The molecule has 4 aliphatic carbocycles. The van der Waals surface area contributed by atoms with Crippen LogP contribution in [0.15, 0.2) is 0 Å². The third kappa shape index (κ3) is 3.03. The van der Waals surface area contributed by atoms with Crippen molar-refractivity contribution in [2.45, 2.75) is 115 Å². The average molecular weight is 485 g/mol. The van der Waals surface area contributed by atoms with Crippen LogP contribution < -0.4 is 0 Å². The summed E-state index contributed by atoms with van der Waals surface area (Å²) in [4.78, 5) is 25.1. The number of fused-ring (bicyclic) bond motifs is 2. The van der Waals surface area contributed by atoms with Crippen LogP contribution in [0.25, 0.3) is 0 Å². The van der Waals surface area contributed by atoms with Gasteiger partial charge in [-0.2, -0.15) is 0 Å². The highest BCUT2D eigenvalue weighted by Gasteiger charge is 2.81. The Morgan fingerprint density at radius 1 is 0.941 bits per heavy atom. The van der Waals surface area contributed by atoms with Gasteiger partial charge in [-0.1, -0.05) is 20.8 Å². The number of aliphatic hydroxyl groups excluding tert-OH is 2. The summed E-state index contributed by atoms with van der Waals surface area (Å²) in [6, 6.07) is 0. The highest BCUT2D eigenvalue weighted by atomic mass is 16.6. The van der Waals surface area contributed by atoms with Crippen LogP contribution >= 0.6 is 0 Å². The van der Waals surface area contributed by atoms with Crippen LogP contribution in [0, 0.1) is 28.6 Å². The molecule has 0 aromatic rings. The lowest BCUT2D eigenvalue weighted by atomic mass is 9.56. The molecule has 0 radical (unpaired) electrons. The Hall–Kier alpha value is -1.26. The van der Waals surface area contributed by atoms with Gasteiger partial charge in [-0.25, -0.2) is 0 Å². The van der Waals surface area contributed by atoms with Crippen LogP contribution in [0.1, 0.15) is 73.6 Å². The van der Waals surface area contributed by atoms with E-state index in [0.29, 0.717) is 12.8 Å². The van der Waals surface area contributed by atoms with Crippen LogP contribution in [-0.4, -0.2) is 78.7 Å². The van der Waals surface area contributed by atoms with Crippen LogP contribution in [0.2, 0.25) is 0 Å². The van der Waals surface area contributed by atoms with Crippen molar-refractivity contribution in [1.82, 2.24) is 0 Å². The Morgan fingerprint density at radius 2 is 1.56 bits per heavy atom. The number of hydrogen-bond acceptors (Lipinski definition) is 9. The Morgan fingerprint density at radius 3 is 2.12 bits per heavy atom. The van der Waals surface area contributed by atoms with E-state index in [9.17, 15) is 35.1 Å². The van der Waals surface area contributed by atoms with E-state index in [1.54, 1.807) is 34.6 Å². The minimum absolute atomic E-state index is 0.00213. The molecule has 34 heavy (non-hydrogen) atoms. The fourth-order valence-electron chi connectivity index (χ4n) is 8.43. The highest BCUT2D eigenvalue weighted by molar-refractivity contribution is 5.70. The summed E-state index contributed by atoms with van der Waals surface area (Å²) in [6.07, 6.45) is -4.15. The van der Waals surface area contributed by atoms with Crippen molar-refractivity contribution >= 4 is 11.9 Å². The molecular formula is C25H40O9. The number of rotatable bonds is 3. The average Bonchev–Trinajstić information content (AvgIpc) is 2.94. The van der Waals surface area contributed by atoms with E-state index in [0.717, 1.165) is 0 Å². The van der Waals surface area contributed by atoms with Gasteiger partial charge in [-0.15, -0.1) is 0 Å². The van der Waals surface area contributed by atoms with Crippen LogP contribution in [0.3, 0.4) is 0 Å². The van der Waals surface area contributed by atoms with Crippen LogP contribution in [0.4, 0.5) is 0 Å². The number of carbonyl (C=O) groups is 2. The lowest BCUT2D eigenvalue weighted by molar-refractivity contribution is -0.241. The highest BCUT2D eigenvalue weighted by Crippen LogP contribution is 2.70. The second-order valence-corrected chi connectivity index (χ2v) is 12.2. The lowest BCUT2D eigenvalue weighted by Crippen LogP contribution is -2.65. The lowest BCUT2D eigenvalue weighted by Gasteiger charge is -2.52. The van der Waals surface area contributed by atoms with E-state index in [4.69, 9.17) is 9.47 Å². The molecule has 9 heteroatoms. The molecule has 4 aliphatic rings. The van der Waals surface area contributed by atoms with Crippen LogP contribution in [-0.2, 0) is 19.1 Å². The van der Waals surface area contributed by atoms with Crippen molar-refractivity contribution in [1.29, 1.82) is 0 Å². The van der Waals surface area contributed by atoms with Crippen molar-refractivity contribution in [3.63, 3.8) is 0 Å². The Bertz CT molecular complexity index is 866. The van der Waals surface area contributed by atoms with Crippen molar-refractivity contribution < 1.29 is 44.6 Å². The van der Waals surface area contributed by atoms with Gasteiger partial charge < -0.3 is 35.0 Å². The molecule has 4 saturated carbocycles. The molecule has 4 fully saturated rings. The van der Waals surface area contributed by atoms with Gasteiger partial charge in [0.2, 0.25) is 0 Å². The summed E-state index contributed by atoms with van der Waals surface area (Å²) in [5, 5.41) is 58.6. The van der Waals surface area contributed by atoms with Gasteiger partial charge in [0.05, 0.1) is 23.4 Å². The van der Waals surface area contributed by atoms with Gasteiger partial charge in [0.1, 0.15) is 5.60 Å². The Balaban J connectivity index is 2.05. The summed E-state index contributed by atoms with van der Waals surface area (Å²) in [5.74, 6) is -3.53. The largest absolute Gasteiger partial charge is 0.458 e. The minimum atomic E-state index is -1.99. The van der Waals surface area contributed by atoms with Gasteiger partial charge in [0.15, 0.2) is 12.2 Å². The smallest absolute Gasteiger partial charge is 0.305 e. The Labute approximate surface area is 200 Å². The second-order valence-electron chi connectivity index (χ2n) is 12.2. The van der Waals surface area contributed by atoms with Crippen molar-refractivity contribution in [3.05, 3.63) is 0 Å². The fraction of sp³-hybridized carbons (Fsp3) is 0.920. The van der Waals surface area contributed by atoms with E-state index in [2.05, 4.69) is 0 Å². The molecular weight excluding hydrogens is 444 g/mol. The van der Waals surface area contributed by atoms with Crippen LogP contribution in [0.5, 0.6) is 0 Å². The Kier molecular flexibility index (Phi) is 5.79. The minimum Gasteiger partial charge on any atom is -0.458 e. The molecule has 1 spiro atoms. The first-order chi connectivity index (χ1) is 15.5. The predicted molar refractivity (Wildman–Crippen MR) is 119 cm³/mol. The fourth-order valence-corrected chi connectivity index (χ4v) is 8.43.